The van der Waals surface area contributed by atoms with Gasteiger partial charge in [0.2, 0.25) is 0 Å². The van der Waals surface area contributed by atoms with Gasteiger partial charge in [-0.05, 0) is 48.3 Å². The number of hydrogen-bond donors (Lipinski definition) is 3. The van der Waals surface area contributed by atoms with Gasteiger partial charge in [-0.2, -0.15) is 0 Å². The molecule has 26 heavy (non-hydrogen) atoms. The van der Waals surface area contributed by atoms with E-state index in [1.807, 2.05) is 12.1 Å². The average molecular weight is 485 g/mol. The van der Waals surface area contributed by atoms with Crippen LogP contribution in [0.1, 0.15) is 29.8 Å². The number of carbonyl (C=O) groups is 1. The molecule has 0 aliphatic rings. The van der Waals surface area contributed by atoms with Crippen molar-refractivity contribution in [3.05, 3.63) is 33.8 Å². The van der Waals surface area contributed by atoms with Crippen LogP contribution in [-0.4, -0.2) is 39.0 Å². The number of rotatable bonds is 5. The lowest BCUT2D eigenvalue weighted by Crippen LogP contribution is -2.32. The molecule has 0 spiro atoms. The third-order valence-electron chi connectivity index (χ3n) is 4.55. The van der Waals surface area contributed by atoms with Crippen molar-refractivity contribution in [1.29, 1.82) is 0 Å². The van der Waals surface area contributed by atoms with E-state index in [1.54, 1.807) is 27.0 Å². The number of benzene rings is 2. The molecule has 0 radical (unpaired) electrons. The van der Waals surface area contributed by atoms with Gasteiger partial charge in [0, 0.05) is 27.2 Å². The highest BCUT2D eigenvalue weighted by Gasteiger charge is 2.27. The molecule has 2 aromatic carbocycles. The summed E-state index contributed by atoms with van der Waals surface area (Å²) in [6.45, 7) is 3.38. The van der Waals surface area contributed by atoms with E-state index in [-0.39, 0.29) is 16.1 Å². The first-order valence-corrected chi connectivity index (χ1v) is 9.73. The topological polar surface area (TPSA) is 82.6 Å². The lowest BCUT2D eigenvalue weighted by Gasteiger charge is -2.25. The molecule has 0 amide bonds. The quantitative estimate of drug-likeness (QED) is 0.362. The number of H-pyrrole nitrogens is 1. The Morgan fingerprint density at radius 3 is 2.58 bits per heavy atom. The summed E-state index contributed by atoms with van der Waals surface area (Å²) < 4.78 is 6.14. The Balaban J connectivity index is 2.33. The summed E-state index contributed by atoms with van der Waals surface area (Å²) in [4.78, 5) is 14.5. The molecule has 1 unspecified atom stereocenters. The van der Waals surface area contributed by atoms with Crippen molar-refractivity contribution in [3.63, 3.8) is 0 Å². The van der Waals surface area contributed by atoms with Crippen LogP contribution >= 0.6 is 31.9 Å². The van der Waals surface area contributed by atoms with Gasteiger partial charge in [-0.25, -0.2) is 0 Å². The molecule has 0 bridgehead atoms. The molecule has 3 aromatic rings. The van der Waals surface area contributed by atoms with Crippen molar-refractivity contribution in [2.24, 2.45) is 0 Å². The van der Waals surface area contributed by atoms with Crippen LogP contribution in [0, 0.1) is 0 Å². The number of aliphatic hydroxyl groups is 1. The number of phenolic OH excluding ortho intramolecular Hbond substituents is 1. The minimum absolute atomic E-state index is 0.0706. The molecule has 1 aromatic heterocycles. The van der Waals surface area contributed by atoms with Crippen molar-refractivity contribution in [2.75, 3.05) is 7.11 Å². The van der Waals surface area contributed by atoms with Crippen molar-refractivity contribution >= 4 is 60.0 Å². The van der Waals surface area contributed by atoms with Gasteiger partial charge in [-0.15, -0.1) is 0 Å². The van der Waals surface area contributed by atoms with Gasteiger partial charge in [0.1, 0.15) is 11.5 Å². The first-order chi connectivity index (χ1) is 12.2. The van der Waals surface area contributed by atoms with E-state index in [2.05, 4.69) is 36.8 Å². The summed E-state index contributed by atoms with van der Waals surface area (Å²) in [5.74, 6) is 0.610. The number of ether oxygens (including phenoxy) is 1. The monoisotopic (exact) mass is 483 g/mol. The molecule has 1 atom stereocenters. The van der Waals surface area contributed by atoms with Crippen LogP contribution in [0.5, 0.6) is 11.5 Å². The lowest BCUT2D eigenvalue weighted by molar-refractivity contribution is 0.0796. The summed E-state index contributed by atoms with van der Waals surface area (Å²) in [6.07, 6.45) is 0.988. The van der Waals surface area contributed by atoms with Gasteiger partial charge < -0.3 is 19.9 Å². The highest BCUT2D eigenvalue weighted by atomic mass is 79.9. The first kappa shape index (κ1) is 19.2. The van der Waals surface area contributed by atoms with E-state index in [1.165, 1.54) is 0 Å². The number of carbonyl (C=O) groups excluding carboxylic acids is 1. The molecule has 3 rings (SSSR count). The molecule has 0 fully saturated rings. The fourth-order valence-electron chi connectivity index (χ4n) is 2.99. The third-order valence-corrected chi connectivity index (χ3v) is 6.61. The molecule has 0 saturated heterocycles. The third kappa shape index (κ3) is 3.23. The smallest absolute Gasteiger partial charge is 0.153 e. The predicted octanol–water partition coefficient (Wildman–Crippen LogP) is 4.69. The molecule has 138 valence electrons. The molecule has 3 N–H and O–H groups in total. The van der Waals surface area contributed by atoms with E-state index in [9.17, 15) is 15.0 Å². The number of nitrogens with one attached hydrogen (secondary N) is 1. The fraction of sp³-hybridized carbons (Fsp3) is 0.316. The number of aldehydes is 1. The number of hydrogen-bond acceptors (Lipinski definition) is 4. The standard InChI is InChI=1S/C19H19Br2NO4/c1-19(2,25)16(21)6-12-17-11(4-9(8-23)18(12)24)10-5-13(20)15(26-3)7-14(10)22-17/h4-5,7-8,16,22,24-25H,6H2,1-3H3. The maximum Gasteiger partial charge on any atom is 0.153 e. The minimum Gasteiger partial charge on any atom is -0.507 e. The Bertz CT molecular complexity index is 1000. The predicted molar refractivity (Wildman–Crippen MR) is 110 cm³/mol. The van der Waals surface area contributed by atoms with Crippen LogP contribution in [-0.2, 0) is 6.42 Å². The van der Waals surface area contributed by atoms with Crippen molar-refractivity contribution in [3.8, 4) is 11.5 Å². The average Bonchev–Trinajstić information content (AvgIpc) is 2.92. The molecule has 0 saturated carbocycles. The van der Waals surface area contributed by atoms with E-state index in [4.69, 9.17) is 4.74 Å². The fourth-order valence-corrected chi connectivity index (χ4v) is 3.82. The van der Waals surface area contributed by atoms with Crippen molar-refractivity contribution in [2.45, 2.75) is 30.7 Å². The first-order valence-electron chi connectivity index (χ1n) is 8.02. The highest BCUT2D eigenvalue weighted by Crippen LogP contribution is 2.40. The van der Waals surface area contributed by atoms with Crippen LogP contribution in [0.15, 0.2) is 22.7 Å². The van der Waals surface area contributed by atoms with Crippen LogP contribution in [0.25, 0.3) is 21.8 Å². The largest absolute Gasteiger partial charge is 0.507 e. The molecule has 5 nitrogen and oxygen atoms in total. The zero-order valence-electron chi connectivity index (χ0n) is 14.6. The summed E-state index contributed by atoms with van der Waals surface area (Å²) in [5.41, 5.74) is 1.37. The summed E-state index contributed by atoms with van der Waals surface area (Å²) in [6, 6.07) is 5.46. The number of phenols is 1. The minimum atomic E-state index is -0.992. The molecule has 0 aliphatic heterocycles. The van der Waals surface area contributed by atoms with Gasteiger partial charge in [0.15, 0.2) is 6.29 Å². The SMILES string of the molecule is COc1cc2[nH]c3c(CC(Br)C(C)(C)O)c(O)c(C=O)cc3c2cc1Br. The van der Waals surface area contributed by atoms with E-state index in [0.29, 0.717) is 24.0 Å². The lowest BCUT2D eigenvalue weighted by atomic mass is 9.95. The summed E-state index contributed by atoms with van der Waals surface area (Å²) >= 11 is 6.97. The van der Waals surface area contributed by atoms with Gasteiger partial charge in [-0.1, -0.05) is 15.9 Å². The Labute approximate surface area is 167 Å². The summed E-state index contributed by atoms with van der Waals surface area (Å²) in [7, 11) is 1.59. The van der Waals surface area contributed by atoms with Crippen LogP contribution in [0.2, 0.25) is 0 Å². The van der Waals surface area contributed by atoms with E-state index < -0.39 is 5.60 Å². The normalized spacial score (nSPS) is 13.3. The van der Waals surface area contributed by atoms with Crippen LogP contribution in [0.4, 0.5) is 0 Å². The number of aromatic hydroxyl groups is 1. The number of halogens is 2. The van der Waals surface area contributed by atoms with Gasteiger partial charge in [0.05, 0.1) is 33.8 Å². The zero-order chi connectivity index (χ0) is 19.2. The number of alkyl halides is 1. The molecule has 0 aliphatic carbocycles. The van der Waals surface area contributed by atoms with Gasteiger partial charge in [-0.3, -0.25) is 4.79 Å². The zero-order valence-corrected chi connectivity index (χ0v) is 17.7. The summed E-state index contributed by atoms with van der Waals surface area (Å²) in [5, 5.41) is 22.6. The Morgan fingerprint density at radius 2 is 2.00 bits per heavy atom. The second-order valence-corrected chi connectivity index (χ2v) is 8.78. The molecular weight excluding hydrogens is 466 g/mol. The number of fused-ring (bicyclic) bond motifs is 3. The maximum atomic E-state index is 11.5. The number of methoxy groups -OCH3 is 1. The van der Waals surface area contributed by atoms with E-state index in [0.717, 1.165) is 26.3 Å². The van der Waals surface area contributed by atoms with Crippen LogP contribution in [0.3, 0.4) is 0 Å². The second-order valence-electron chi connectivity index (χ2n) is 6.82. The molecule has 7 heteroatoms. The molecule has 1 heterocycles. The number of aromatic nitrogens is 1. The Kier molecular flexibility index (Phi) is 5.07. The Morgan fingerprint density at radius 1 is 1.31 bits per heavy atom. The second kappa shape index (κ2) is 6.87. The molecular formula is C19H19Br2NO4. The van der Waals surface area contributed by atoms with Crippen molar-refractivity contribution in [1.82, 2.24) is 4.98 Å². The maximum absolute atomic E-state index is 11.5. The van der Waals surface area contributed by atoms with Gasteiger partial charge in [0.25, 0.3) is 0 Å². The number of aromatic amines is 1. The van der Waals surface area contributed by atoms with Crippen LogP contribution < -0.4 is 4.74 Å². The van der Waals surface area contributed by atoms with Crippen molar-refractivity contribution < 1.29 is 19.7 Å². The Hall–Kier alpha value is -1.57. The highest BCUT2D eigenvalue weighted by molar-refractivity contribution is 9.10. The van der Waals surface area contributed by atoms with Gasteiger partial charge >= 0.3 is 0 Å². The van der Waals surface area contributed by atoms with E-state index >= 15 is 0 Å².